The van der Waals surface area contributed by atoms with Gasteiger partial charge in [-0.3, -0.25) is 4.79 Å². The summed E-state index contributed by atoms with van der Waals surface area (Å²) in [5.74, 6) is 4.35. The molecule has 188 valence electrons. The van der Waals surface area contributed by atoms with Crippen LogP contribution in [0.2, 0.25) is 0 Å². The molecule has 1 N–H and O–H groups in total. The molecule has 0 amide bonds. The first kappa shape index (κ1) is 24.1. The lowest BCUT2D eigenvalue weighted by Gasteiger charge is -2.60. The molecule has 0 bridgehead atoms. The van der Waals surface area contributed by atoms with Crippen LogP contribution in [0.5, 0.6) is 0 Å². The summed E-state index contributed by atoms with van der Waals surface area (Å²) in [4.78, 5) is 11.6. The number of fused-ring (bicyclic) bond motifs is 4. The van der Waals surface area contributed by atoms with Crippen molar-refractivity contribution in [2.75, 3.05) is 0 Å². The van der Waals surface area contributed by atoms with E-state index in [1.165, 1.54) is 51.9 Å². The zero-order valence-electron chi connectivity index (χ0n) is 21.9. The van der Waals surface area contributed by atoms with E-state index in [0.29, 0.717) is 11.3 Å². The van der Waals surface area contributed by atoms with E-state index in [4.69, 9.17) is 9.47 Å². The molecule has 0 radical (unpaired) electrons. The second-order valence-electron chi connectivity index (χ2n) is 13.6. The van der Waals surface area contributed by atoms with Crippen molar-refractivity contribution < 1.29 is 19.4 Å². The van der Waals surface area contributed by atoms with Gasteiger partial charge in [0.25, 0.3) is 0 Å². The summed E-state index contributed by atoms with van der Waals surface area (Å²) in [6.07, 6.45) is 11.4. The molecule has 1 aliphatic heterocycles. The van der Waals surface area contributed by atoms with Gasteiger partial charge in [0.1, 0.15) is 17.8 Å². The standard InChI is InChI=1S/C29H48O4/c1-17(2)8-7-9-18(3)21-10-11-22-20-16-25-29(33-25)26(31)24(32-19(4)30)13-15-28(29,6)23(20)12-14-27(21,22)5/h17-18,20-26,31H,7-16H2,1-6H3/t18-,20+,21-,22+,23+,24+,25-,26+,27-,28-,29+/m1/s1. The van der Waals surface area contributed by atoms with E-state index < -0.39 is 17.8 Å². The fourth-order valence-electron chi connectivity index (χ4n) is 10.1. The Morgan fingerprint density at radius 3 is 2.52 bits per heavy atom. The number of ether oxygens (including phenoxy) is 2. The van der Waals surface area contributed by atoms with E-state index in [0.717, 1.165) is 48.9 Å². The Morgan fingerprint density at radius 2 is 1.82 bits per heavy atom. The molecule has 1 saturated heterocycles. The molecule has 0 aromatic carbocycles. The Balaban J connectivity index is 1.33. The smallest absolute Gasteiger partial charge is 0.302 e. The van der Waals surface area contributed by atoms with E-state index >= 15 is 0 Å². The quantitative estimate of drug-likeness (QED) is 0.382. The van der Waals surface area contributed by atoms with Crippen molar-refractivity contribution >= 4 is 5.97 Å². The molecule has 0 unspecified atom stereocenters. The molecule has 0 aromatic rings. The first-order valence-electron chi connectivity index (χ1n) is 14.1. The highest BCUT2D eigenvalue weighted by atomic mass is 16.6. The molecular formula is C29H48O4. The molecular weight excluding hydrogens is 412 g/mol. The van der Waals surface area contributed by atoms with Crippen LogP contribution in [0.3, 0.4) is 0 Å². The summed E-state index contributed by atoms with van der Waals surface area (Å²) in [6, 6.07) is 0. The third kappa shape index (κ3) is 3.47. The number of aliphatic hydroxyl groups excluding tert-OH is 1. The zero-order valence-corrected chi connectivity index (χ0v) is 21.9. The summed E-state index contributed by atoms with van der Waals surface area (Å²) in [5.41, 5.74) is -0.0153. The summed E-state index contributed by atoms with van der Waals surface area (Å²) in [6.45, 7) is 13.7. The van der Waals surface area contributed by atoms with Gasteiger partial charge in [0.2, 0.25) is 0 Å². The van der Waals surface area contributed by atoms with Gasteiger partial charge in [-0.1, -0.05) is 53.9 Å². The molecule has 4 aliphatic carbocycles. The van der Waals surface area contributed by atoms with Crippen molar-refractivity contribution in [2.45, 2.75) is 130 Å². The topological polar surface area (TPSA) is 59.1 Å². The van der Waals surface area contributed by atoms with Crippen molar-refractivity contribution in [3.63, 3.8) is 0 Å². The largest absolute Gasteiger partial charge is 0.460 e. The van der Waals surface area contributed by atoms with Crippen LogP contribution < -0.4 is 0 Å². The maximum absolute atomic E-state index is 11.6. The minimum Gasteiger partial charge on any atom is -0.460 e. The van der Waals surface area contributed by atoms with Gasteiger partial charge < -0.3 is 14.6 Å². The monoisotopic (exact) mass is 460 g/mol. The van der Waals surface area contributed by atoms with Crippen molar-refractivity contribution in [1.82, 2.24) is 0 Å². The number of carbonyl (C=O) groups is 1. The second kappa shape index (κ2) is 8.22. The summed E-state index contributed by atoms with van der Waals surface area (Å²) in [5, 5.41) is 11.3. The number of hydrogen-bond donors (Lipinski definition) is 1. The van der Waals surface area contributed by atoms with Crippen molar-refractivity contribution in [3.8, 4) is 0 Å². The van der Waals surface area contributed by atoms with Crippen LogP contribution in [0.25, 0.3) is 0 Å². The first-order valence-corrected chi connectivity index (χ1v) is 14.1. The number of rotatable bonds is 6. The van der Waals surface area contributed by atoms with Gasteiger partial charge in [-0.25, -0.2) is 0 Å². The van der Waals surface area contributed by atoms with Crippen molar-refractivity contribution in [2.24, 2.45) is 46.3 Å². The number of esters is 1. The highest BCUT2D eigenvalue weighted by Gasteiger charge is 2.79. The predicted octanol–water partition coefficient (Wildman–Crippen LogP) is 6.14. The van der Waals surface area contributed by atoms with Gasteiger partial charge in [-0.2, -0.15) is 0 Å². The Hall–Kier alpha value is -0.610. The lowest BCUT2D eigenvalue weighted by molar-refractivity contribution is -0.187. The lowest BCUT2D eigenvalue weighted by Crippen LogP contribution is -2.64. The number of carbonyl (C=O) groups excluding carboxylic acids is 1. The summed E-state index contributed by atoms with van der Waals surface area (Å²) < 4.78 is 12.0. The number of epoxide rings is 1. The molecule has 1 spiro atoms. The lowest BCUT2D eigenvalue weighted by atomic mass is 9.43. The molecule has 5 rings (SSSR count). The van der Waals surface area contributed by atoms with Crippen LogP contribution in [-0.2, 0) is 14.3 Å². The van der Waals surface area contributed by atoms with E-state index in [1.54, 1.807) is 0 Å². The Morgan fingerprint density at radius 1 is 1.06 bits per heavy atom. The van der Waals surface area contributed by atoms with Gasteiger partial charge in [0, 0.05) is 12.3 Å². The fourth-order valence-corrected chi connectivity index (χ4v) is 10.1. The second-order valence-corrected chi connectivity index (χ2v) is 13.6. The van der Waals surface area contributed by atoms with Crippen LogP contribution in [0.15, 0.2) is 0 Å². The molecule has 1 heterocycles. The molecule has 4 saturated carbocycles. The summed E-state index contributed by atoms with van der Waals surface area (Å²) in [7, 11) is 0. The molecule has 4 heteroatoms. The van der Waals surface area contributed by atoms with E-state index in [2.05, 4.69) is 34.6 Å². The van der Waals surface area contributed by atoms with Gasteiger partial charge in [0.05, 0.1) is 6.10 Å². The van der Waals surface area contributed by atoms with Crippen LogP contribution in [0.4, 0.5) is 0 Å². The van der Waals surface area contributed by atoms with Crippen LogP contribution >= 0.6 is 0 Å². The number of hydrogen-bond acceptors (Lipinski definition) is 4. The first-order chi connectivity index (χ1) is 15.5. The Bertz CT molecular complexity index is 765. The minimum atomic E-state index is -0.684. The summed E-state index contributed by atoms with van der Waals surface area (Å²) >= 11 is 0. The zero-order chi connectivity index (χ0) is 23.8. The molecule has 5 fully saturated rings. The average Bonchev–Trinajstić information content (AvgIpc) is 3.36. The third-order valence-electron chi connectivity index (χ3n) is 11.7. The van der Waals surface area contributed by atoms with E-state index in [9.17, 15) is 9.90 Å². The molecule has 4 nitrogen and oxygen atoms in total. The van der Waals surface area contributed by atoms with Crippen LogP contribution in [0, 0.1) is 46.3 Å². The minimum absolute atomic E-state index is 0.00105. The third-order valence-corrected chi connectivity index (χ3v) is 11.7. The van der Waals surface area contributed by atoms with Crippen molar-refractivity contribution in [3.05, 3.63) is 0 Å². The number of aliphatic hydroxyl groups is 1. The normalized spacial score (nSPS) is 51.2. The Kier molecular flexibility index (Phi) is 6.00. The maximum atomic E-state index is 11.6. The maximum Gasteiger partial charge on any atom is 0.302 e. The van der Waals surface area contributed by atoms with Crippen molar-refractivity contribution in [1.29, 1.82) is 0 Å². The average molecular weight is 461 g/mol. The van der Waals surface area contributed by atoms with E-state index in [-0.39, 0.29) is 17.5 Å². The van der Waals surface area contributed by atoms with E-state index in [1.807, 2.05) is 0 Å². The fraction of sp³-hybridized carbons (Fsp3) is 0.966. The van der Waals surface area contributed by atoms with Crippen LogP contribution in [0.1, 0.15) is 106 Å². The predicted molar refractivity (Wildman–Crippen MR) is 130 cm³/mol. The highest BCUT2D eigenvalue weighted by molar-refractivity contribution is 5.66. The van der Waals surface area contributed by atoms with Gasteiger partial charge in [-0.15, -0.1) is 0 Å². The molecule has 0 aromatic heterocycles. The van der Waals surface area contributed by atoms with Gasteiger partial charge in [-0.05, 0) is 85.9 Å². The molecule has 11 atom stereocenters. The van der Waals surface area contributed by atoms with Gasteiger partial charge >= 0.3 is 5.97 Å². The SMILES string of the molecule is CC(=O)O[C@H]1CC[C@]2(C)[C@H]3CC[C@]4(C)[C@@H]([C@H](C)CCCC(C)C)CC[C@H]4[C@@H]3C[C@H]3O[C@]32[C@H]1O. The molecule has 5 aliphatic rings. The Labute approximate surface area is 201 Å². The molecule has 33 heavy (non-hydrogen) atoms. The highest BCUT2D eigenvalue weighted by Crippen LogP contribution is 2.74. The van der Waals surface area contributed by atoms with Gasteiger partial charge in [0.15, 0.2) is 0 Å². The van der Waals surface area contributed by atoms with Crippen LogP contribution in [-0.4, -0.2) is 35.0 Å².